The van der Waals surface area contributed by atoms with Gasteiger partial charge in [-0.15, -0.1) is 11.8 Å². The van der Waals surface area contributed by atoms with E-state index in [1.807, 2.05) is 12.1 Å². The summed E-state index contributed by atoms with van der Waals surface area (Å²) in [5.74, 6) is 0.708. The van der Waals surface area contributed by atoms with Gasteiger partial charge in [-0.25, -0.2) is 0 Å². The summed E-state index contributed by atoms with van der Waals surface area (Å²) in [6.45, 7) is 12.9. The van der Waals surface area contributed by atoms with Gasteiger partial charge >= 0.3 is 0 Å². The second kappa shape index (κ2) is 12.4. The summed E-state index contributed by atoms with van der Waals surface area (Å²) >= 11 is 1.76. The first-order chi connectivity index (χ1) is 15.6. The fourth-order valence-corrected chi connectivity index (χ4v) is 5.81. The lowest BCUT2D eigenvalue weighted by Crippen LogP contribution is -2.28. The zero-order chi connectivity index (χ0) is 24.6. The van der Waals surface area contributed by atoms with Crippen LogP contribution < -0.4 is 0 Å². The molecule has 0 fully saturated rings. The predicted octanol–water partition coefficient (Wildman–Crippen LogP) is 6.42. The topological polar surface area (TPSA) is 60.7 Å². The summed E-state index contributed by atoms with van der Waals surface area (Å²) in [6.07, 6.45) is 4.77. The number of aliphatic hydroxyl groups excluding tert-OH is 3. The molecule has 0 bridgehead atoms. The number of benzene rings is 2. The van der Waals surface area contributed by atoms with Crippen LogP contribution in [-0.4, -0.2) is 27.2 Å². The molecule has 4 heteroatoms. The summed E-state index contributed by atoms with van der Waals surface area (Å²) in [4.78, 5) is 1.28. The van der Waals surface area contributed by atoms with Gasteiger partial charge in [0.25, 0.3) is 0 Å². The van der Waals surface area contributed by atoms with Crippen LogP contribution in [0.5, 0.6) is 0 Å². The maximum absolute atomic E-state index is 10.5. The molecule has 1 atom stereocenters. The van der Waals surface area contributed by atoms with E-state index < -0.39 is 0 Å². The molecule has 0 saturated heterocycles. The Bertz CT molecular complexity index is 881. The van der Waals surface area contributed by atoms with Crippen LogP contribution in [0.25, 0.3) is 0 Å². The maximum Gasteiger partial charge on any atom is 0.0685 e. The molecule has 0 aromatic heterocycles. The van der Waals surface area contributed by atoms with Crippen LogP contribution in [-0.2, 0) is 31.5 Å². The zero-order valence-electron chi connectivity index (χ0n) is 21.4. The molecular weight excluding hydrogens is 428 g/mol. The largest absolute Gasteiger partial charge is 0.392 e. The van der Waals surface area contributed by atoms with E-state index in [2.05, 4.69) is 65.8 Å². The quantitative estimate of drug-likeness (QED) is 0.312. The Kier molecular flexibility index (Phi) is 10.5. The number of aryl methyl sites for hydroxylation is 2. The Labute approximate surface area is 205 Å². The third-order valence-electron chi connectivity index (χ3n) is 7.31. The number of aliphatic hydroxyl groups is 3. The van der Waals surface area contributed by atoms with E-state index in [4.69, 9.17) is 0 Å². The molecule has 0 saturated carbocycles. The lowest BCUT2D eigenvalue weighted by atomic mass is 9.71. The average molecular weight is 473 g/mol. The molecule has 0 spiro atoms. The van der Waals surface area contributed by atoms with Gasteiger partial charge in [-0.05, 0) is 76.8 Å². The van der Waals surface area contributed by atoms with Gasteiger partial charge in [-0.2, -0.15) is 0 Å². The molecule has 0 radical (unpaired) electrons. The molecule has 33 heavy (non-hydrogen) atoms. The molecule has 0 aliphatic carbocycles. The summed E-state index contributed by atoms with van der Waals surface area (Å²) in [5, 5.41) is 29.6. The third kappa shape index (κ3) is 7.08. The smallest absolute Gasteiger partial charge is 0.0685 e. The van der Waals surface area contributed by atoms with Crippen molar-refractivity contribution in [1.82, 2.24) is 0 Å². The van der Waals surface area contributed by atoms with E-state index in [0.717, 1.165) is 43.2 Å². The fourth-order valence-electron chi connectivity index (χ4n) is 4.42. The Morgan fingerprint density at radius 3 is 2.06 bits per heavy atom. The SMILES string of the molecule is CCc1cc(C(CC)(CC)CCc2ccc(CO)c(CO)c2)ccc1SCC(O)C(C)(C)C. The number of rotatable bonds is 12. The molecule has 0 amide bonds. The van der Waals surface area contributed by atoms with Crippen LogP contribution in [0.15, 0.2) is 41.3 Å². The fraction of sp³-hybridized carbons (Fsp3) is 0.586. The van der Waals surface area contributed by atoms with Crippen molar-refractivity contribution in [3.8, 4) is 0 Å². The van der Waals surface area contributed by atoms with Crippen molar-refractivity contribution in [2.24, 2.45) is 5.41 Å². The van der Waals surface area contributed by atoms with Crippen LogP contribution in [0, 0.1) is 5.41 Å². The van der Waals surface area contributed by atoms with E-state index in [1.54, 1.807) is 11.8 Å². The maximum atomic E-state index is 10.5. The van der Waals surface area contributed by atoms with Crippen LogP contribution in [0.4, 0.5) is 0 Å². The molecule has 0 heterocycles. The molecule has 0 aliphatic rings. The number of hydrogen-bond donors (Lipinski definition) is 3. The standard InChI is InChI=1S/C29H44O3S/c1-7-22-17-25(12-13-26(22)33-20-27(32)28(4,5)6)29(8-2,9-3)15-14-21-10-11-23(18-30)24(16-21)19-31/h10-13,16-17,27,30-32H,7-9,14-15,18-20H2,1-6H3. The minimum absolute atomic E-state index is 0.0407. The lowest BCUT2D eigenvalue weighted by molar-refractivity contribution is 0.0843. The van der Waals surface area contributed by atoms with E-state index in [9.17, 15) is 15.3 Å². The zero-order valence-corrected chi connectivity index (χ0v) is 22.3. The van der Waals surface area contributed by atoms with Crippen LogP contribution >= 0.6 is 11.8 Å². The van der Waals surface area contributed by atoms with Gasteiger partial charge < -0.3 is 15.3 Å². The van der Waals surface area contributed by atoms with Gasteiger partial charge in [0.1, 0.15) is 0 Å². The Hall–Kier alpha value is -1.33. The van der Waals surface area contributed by atoms with Gasteiger partial charge in [0, 0.05) is 10.6 Å². The first-order valence-corrected chi connectivity index (χ1v) is 13.4. The molecule has 2 aromatic carbocycles. The summed E-state index contributed by atoms with van der Waals surface area (Å²) in [5.41, 5.74) is 5.59. The normalized spacial score (nSPS) is 13.4. The Morgan fingerprint density at radius 2 is 1.52 bits per heavy atom. The van der Waals surface area contributed by atoms with Crippen LogP contribution in [0.3, 0.4) is 0 Å². The summed E-state index contributed by atoms with van der Waals surface area (Å²) in [7, 11) is 0. The molecule has 1 unspecified atom stereocenters. The molecule has 3 nitrogen and oxygen atoms in total. The highest BCUT2D eigenvalue weighted by atomic mass is 32.2. The number of hydrogen-bond acceptors (Lipinski definition) is 4. The second-order valence-corrected chi connectivity index (χ2v) is 11.3. The monoisotopic (exact) mass is 472 g/mol. The van der Waals surface area contributed by atoms with Crippen molar-refractivity contribution < 1.29 is 15.3 Å². The Balaban J connectivity index is 2.24. The van der Waals surface area contributed by atoms with Gasteiger partial charge in [0.15, 0.2) is 0 Å². The summed E-state index contributed by atoms with van der Waals surface area (Å²) < 4.78 is 0. The average Bonchev–Trinajstić information content (AvgIpc) is 2.82. The van der Waals surface area contributed by atoms with Crippen molar-refractivity contribution in [2.45, 2.75) is 103 Å². The van der Waals surface area contributed by atoms with Crippen molar-refractivity contribution in [3.63, 3.8) is 0 Å². The summed E-state index contributed by atoms with van der Waals surface area (Å²) in [6, 6.07) is 13.0. The highest BCUT2D eigenvalue weighted by Gasteiger charge is 2.29. The van der Waals surface area contributed by atoms with Gasteiger partial charge in [-0.3, -0.25) is 0 Å². The van der Waals surface area contributed by atoms with E-state index in [1.165, 1.54) is 21.6 Å². The highest BCUT2D eigenvalue weighted by Crippen LogP contribution is 2.39. The molecule has 2 rings (SSSR count). The van der Waals surface area contributed by atoms with Gasteiger partial charge in [0.2, 0.25) is 0 Å². The lowest BCUT2D eigenvalue weighted by Gasteiger charge is -2.33. The van der Waals surface area contributed by atoms with Crippen molar-refractivity contribution in [2.75, 3.05) is 5.75 Å². The van der Waals surface area contributed by atoms with E-state index in [0.29, 0.717) is 5.75 Å². The second-order valence-electron chi connectivity index (χ2n) is 10.3. The van der Waals surface area contributed by atoms with E-state index in [-0.39, 0.29) is 30.1 Å². The third-order valence-corrected chi connectivity index (χ3v) is 8.50. The van der Waals surface area contributed by atoms with Gasteiger partial charge in [0.05, 0.1) is 19.3 Å². The molecule has 0 aliphatic heterocycles. The first kappa shape index (κ1) is 27.9. The molecule has 2 aromatic rings. The van der Waals surface area contributed by atoms with Crippen molar-refractivity contribution in [3.05, 3.63) is 64.2 Å². The molecule has 184 valence electrons. The van der Waals surface area contributed by atoms with Crippen molar-refractivity contribution >= 4 is 11.8 Å². The van der Waals surface area contributed by atoms with Crippen molar-refractivity contribution in [1.29, 1.82) is 0 Å². The minimum Gasteiger partial charge on any atom is -0.392 e. The van der Waals surface area contributed by atoms with E-state index >= 15 is 0 Å². The van der Waals surface area contributed by atoms with Crippen LogP contribution in [0.2, 0.25) is 0 Å². The highest BCUT2D eigenvalue weighted by molar-refractivity contribution is 7.99. The molecular formula is C29H44O3S. The molecule has 3 N–H and O–H groups in total. The van der Waals surface area contributed by atoms with Gasteiger partial charge in [-0.1, -0.05) is 71.9 Å². The minimum atomic E-state index is -0.335. The number of thioether (sulfide) groups is 1. The van der Waals surface area contributed by atoms with Crippen LogP contribution in [0.1, 0.15) is 88.6 Å². The predicted molar refractivity (Wildman–Crippen MR) is 141 cm³/mol. The first-order valence-electron chi connectivity index (χ1n) is 12.4. The Morgan fingerprint density at radius 1 is 0.848 bits per heavy atom.